The summed E-state index contributed by atoms with van der Waals surface area (Å²) in [6, 6.07) is 5.68. The molecular formula is C17H8F6O5S. The molecule has 3 rings (SSSR count). The van der Waals surface area contributed by atoms with Gasteiger partial charge in [-0.25, -0.2) is 4.79 Å². The van der Waals surface area contributed by atoms with Gasteiger partial charge in [-0.3, -0.25) is 0 Å². The Balaban J connectivity index is 2.09. The van der Waals surface area contributed by atoms with Gasteiger partial charge in [0.05, 0.1) is 11.1 Å². The van der Waals surface area contributed by atoms with Gasteiger partial charge in [-0.2, -0.15) is 34.8 Å². The smallest absolute Gasteiger partial charge is 0.417 e. The van der Waals surface area contributed by atoms with E-state index in [0.717, 1.165) is 24.3 Å². The Kier molecular flexibility index (Phi) is 4.85. The third-order valence-corrected chi connectivity index (χ3v) is 5.00. The Morgan fingerprint density at radius 3 is 2.07 bits per heavy atom. The van der Waals surface area contributed by atoms with Crippen LogP contribution in [0.2, 0.25) is 0 Å². The van der Waals surface area contributed by atoms with E-state index in [1.165, 1.54) is 0 Å². The predicted molar refractivity (Wildman–Crippen MR) is 86.7 cm³/mol. The largest absolute Gasteiger partial charge is 0.423 e. The lowest BCUT2D eigenvalue weighted by molar-refractivity contribution is -0.140. The zero-order chi connectivity index (χ0) is 21.6. The first kappa shape index (κ1) is 20.7. The van der Waals surface area contributed by atoms with E-state index >= 15 is 0 Å². The van der Waals surface area contributed by atoms with E-state index in [4.69, 9.17) is 0 Å². The Morgan fingerprint density at radius 2 is 1.45 bits per heavy atom. The van der Waals surface area contributed by atoms with Crippen molar-refractivity contribution in [2.45, 2.75) is 17.2 Å². The zero-order valence-corrected chi connectivity index (χ0v) is 14.7. The molecule has 154 valence electrons. The maximum Gasteiger partial charge on any atom is 0.417 e. The summed E-state index contributed by atoms with van der Waals surface area (Å²) in [5.74, 6) is -0.642. The second-order valence-corrected chi connectivity index (χ2v) is 7.18. The minimum absolute atomic E-state index is 0.221. The van der Waals surface area contributed by atoms with E-state index in [-0.39, 0.29) is 6.07 Å². The first-order valence-corrected chi connectivity index (χ1v) is 8.96. The van der Waals surface area contributed by atoms with Crippen LogP contribution in [0.5, 0.6) is 5.75 Å². The summed E-state index contributed by atoms with van der Waals surface area (Å²) >= 11 is 0. The molecule has 0 aliphatic rings. The Morgan fingerprint density at radius 1 is 0.828 bits per heavy atom. The van der Waals surface area contributed by atoms with Crippen molar-refractivity contribution in [3.63, 3.8) is 0 Å². The molecule has 0 bridgehead atoms. The average Bonchev–Trinajstić information content (AvgIpc) is 2.59. The standard InChI is InChI=1S/C17H8F6O5S/c18-16(19,20)11-3-1-2-4-14(11)29(25,26)28-9-5-6-10-12(17(21,22)23)8-15(24)27-13(10)7-9/h1-8H. The van der Waals surface area contributed by atoms with Crippen molar-refractivity contribution >= 4 is 21.1 Å². The maximum absolute atomic E-state index is 13.1. The van der Waals surface area contributed by atoms with Crippen LogP contribution in [-0.4, -0.2) is 8.42 Å². The molecule has 2 aromatic carbocycles. The maximum atomic E-state index is 13.1. The molecule has 0 fully saturated rings. The van der Waals surface area contributed by atoms with Gasteiger partial charge in [0.2, 0.25) is 0 Å². The lowest BCUT2D eigenvalue weighted by Crippen LogP contribution is -2.17. The third-order valence-electron chi connectivity index (χ3n) is 3.69. The lowest BCUT2D eigenvalue weighted by atomic mass is 10.1. The fourth-order valence-electron chi connectivity index (χ4n) is 2.52. The summed E-state index contributed by atoms with van der Waals surface area (Å²) in [5.41, 5.74) is -4.80. The monoisotopic (exact) mass is 438 g/mol. The first-order chi connectivity index (χ1) is 13.3. The average molecular weight is 438 g/mol. The summed E-state index contributed by atoms with van der Waals surface area (Å²) in [7, 11) is -5.01. The van der Waals surface area contributed by atoms with Crippen molar-refractivity contribution in [1.29, 1.82) is 0 Å². The second kappa shape index (κ2) is 6.79. The molecule has 0 spiro atoms. The molecule has 5 nitrogen and oxygen atoms in total. The molecule has 0 radical (unpaired) electrons. The quantitative estimate of drug-likeness (QED) is 0.340. The minimum Gasteiger partial charge on any atom is -0.423 e. The molecule has 12 heteroatoms. The van der Waals surface area contributed by atoms with E-state index in [2.05, 4.69) is 8.60 Å². The molecule has 0 N–H and O–H groups in total. The van der Waals surface area contributed by atoms with Crippen LogP contribution in [0, 0.1) is 0 Å². The van der Waals surface area contributed by atoms with E-state index in [1.807, 2.05) is 0 Å². The minimum atomic E-state index is -5.01. The highest BCUT2D eigenvalue weighted by molar-refractivity contribution is 7.87. The molecule has 0 saturated carbocycles. The molecule has 0 unspecified atom stereocenters. The summed E-state index contributed by atoms with van der Waals surface area (Å²) < 4.78 is 112. The highest BCUT2D eigenvalue weighted by Crippen LogP contribution is 2.37. The van der Waals surface area contributed by atoms with Crippen LogP contribution >= 0.6 is 0 Å². The molecule has 1 aromatic heterocycles. The lowest BCUT2D eigenvalue weighted by Gasteiger charge is -2.14. The fourth-order valence-corrected chi connectivity index (χ4v) is 3.66. The topological polar surface area (TPSA) is 73.6 Å². The number of fused-ring (bicyclic) bond motifs is 1. The van der Waals surface area contributed by atoms with Gasteiger partial charge in [0, 0.05) is 17.5 Å². The summed E-state index contributed by atoms with van der Waals surface area (Å²) in [4.78, 5) is 10.2. The van der Waals surface area contributed by atoms with Gasteiger partial charge in [0.25, 0.3) is 0 Å². The van der Waals surface area contributed by atoms with Gasteiger partial charge in [0.1, 0.15) is 16.2 Å². The van der Waals surface area contributed by atoms with Crippen LogP contribution < -0.4 is 9.81 Å². The van der Waals surface area contributed by atoms with Crippen LogP contribution in [0.25, 0.3) is 11.0 Å². The number of alkyl halides is 6. The normalized spacial score (nSPS) is 12.9. The van der Waals surface area contributed by atoms with Crippen molar-refractivity contribution in [1.82, 2.24) is 0 Å². The molecule has 0 atom stereocenters. The Labute approximate surface area is 158 Å². The molecule has 0 aliphatic heterocycles. The van der Waals surface area contributed by atoms with E-state index in [0.29, 0.717) is 18.2 Å². The highest BCUT2D eigenvalue weighted by atomic mass is 32.2. The Hall–Kier alpha value is -3.02. The van der Waals surface area contributed by atoms with Crippen LogP contribution in [0.1, 0.15) is 11.1 Å². The van der Waals surface area contributed by atoms with Crippen molar-refractivity contribution in [3.05, 3.63) is 70.1 Å². The fraction of sp³-hybridized carbons (Fsp3) is 0.118. The van der Waals surface area contributed by atoms with Crippen LogP contribution in [0.15, 0.2) is 62.6 Å². The van der Waals surface area contributed by atoms with E-state index in [9.17, 15) is 39.6 Å². The number of hydrogen-bond donors (Lipinski definition) is 0. The van der Waals surface area contributed by atoms with Crippen LogP contribution in [0.4, 0.5) is 26.3 Å². The first-order valence-electron chi connectivity index (χ1n) is 7.55. The van der Waals surface area contributed by atoms with Gasteiger partial charge in [-0.1, -0.05) is 12.1 Å². The molecule has 0 amide bonds. The van der Waals surface area contributed by atoms with E-state index < -0.39 is 60.8 Å². The van der Waals surface area contributed by atoms with Crippen molar-refractivity contribution in [2.24, 2.45) is 0 Å². The molecule has 3 aromatic rings. The number of rotatable bonds is 3. The number of halogens is 6. The van der Waals surface area contributed by atoms with Crippen molar-refractivity contribution < 1.29 is 43.4 Å². The predicted octanol–water partition coefficient (Wildman–Crippen LogP) is 4.60. The van der Waals surface area contributed by atoms with Gasteiger partial charge in [0.15, 0.2) is 0 Å². The Bertz CT molecular complexity index is 1240. The summed E-state index contributed by atoms with van der Waals surface area (Å²) in [6.45, 7) is 0. The highest BCUT2D eigenvalue weighted by Gasteiger charge is 2.38. The zero-order valence-electron chi connectivity index (χ0n) is 13.8. The SMILES string of the molecule is O=c1cc(C(F)(F)F)c2ccc(OS(=O)(=O)c3ccccc3C(F)(F)F)cc2o1. The molecular weight excluding hydrogens is 430 g/mol. The van der Waals surface area contributed by atoms with Gasteiger partial charge in [-0.15, -0.1) is 0 Å². The van der Waals surface area contributed by atoms with Crippen LogP contribution in [0.3, 0.4) is 0 Å². The van der Waals surface area contributed by atoms with Crippen LogP contribution in [-0.2, 0) is 22.5 Å². The molecule has 0 saturated heterocycles. The molecule has 0 aliphatic carbocycles. The third kappa shape index (κ3) is 4.21. The summed E-state index contributed by atoms with van der Waals surface area (Å²) in [5, 5.41) is -0.558. The second-order valence-electron chi connectivity index (χ2n) is 5.67. The summed E-state index contributed by atoms with van der Waals surface area (Å²) in [6.07, 6.45) is -9.89. The van der Waals surface area contributed by atoms with Crippen molar-refractivity contribution in [3.8, 4) is 5.75 Å². The van der Waals surface area contributed by atoms with Gasteiger partial charge < -0.3 is 8.60 Å². The van der Waals surface area contributed by atoms with E-state index in [1.54, 1.807) is 0 Å². The van der Waals surface area contributed by atoms with Gasteiger partial charge in [-0.05, 0) is 24.3 Å². The van der Waals surface area contributed by atoms with Crippen molar-refractivity contribution in [2.75, 3.05) is 0 Å². The van der Waals surface area contributed by atoms with Gasteiger partial charge >= 0.3 is 28.1 Å². The molecule has 1 heterocycles. The number of hydrogen-bond acceptors (Lipinski definition) is 5. The number of benzene rings is 2. The molecule has 29 heavy (non-hydrogen) atoms.